The summed E-state index contributed by atoms with van der Waals surface area (Å²) in [5.74, 6) is 0.372. The largest absolute Gasteiger partial charge is 0.345 e. The summed E-state index contributed by atoms with van der Waals surface area (Å²) >= 11 is 1.51. The van der Waals surface area contributed by atoms with E-state index in [1.807, 2.05) is 16.0 Å². The molecule has 0 fully saturated rings. The number of rotatable bonds is 5. The third-order valence-electron chi connectivity index (χ3n) is 3.12. The Balaban J connectivity index is 1.66. The molecule has 0 radical (unpaired) electrons. The van der Waals surface area contributed by atoms with Crippen molar-refractivity contribution in [3.05, 3.63) is 41.7 Å². The van der Waals surface area contributed by atoms with Gasteiger partial charge in [-0.15, -0.1) is 11.3 Å². The van der Waals surface area contributed by atoms with Crippen LogP contribution in [0.25, 0.3) is 4.96 Å². The summed E-state index contributed by atoms with van der Waals surface area (Å²) in [5, 5.41) is 4.83. The molecule has 0 atom stereocenters. The molecule has 0 saturated carbocycles. The Morgan fingerprint density at radius 3 is 3.10 bits per heavy atom. The molecule has 3 aromatic rings. The summed E-state index contributed by atoms with van der Waals surface area (Å²) < 4.78 is 3.92. The smallest absolute Gasteiger partial charge is 0.271 e. The van der Waals surface area contributed by atoms with Crippen LogP contribution in [0.2, 0.25) is 0 Å². The first-order valence-electron chi connectivity index (χ1n) is 6.83. The van der Waals surface area contributed by atoms with Crippen LogP contribution in [0.5, 0.6) is 0 Å². The molecule has 0 spiro atoms. The second-order valence-electron chi connectivity index (χ2n) is 5.33. The molecule has 0 unspecified atom stereocenters. The van der Waals surface area contributed by atoms with Gasteiger partial charge in [0.15, 0.2) is 4.96 Å². The third kappa shape index (κ3) is 2.97. The summed E-state index contributed by atoms with van der Waals surface area (Å²) in [6, 6.07) is 0. The van der Waals surface area contributed by atoms with Crippen molar-refractivity contribution in [1.29, 1.82) is 0 Å². The summed E-state index contributed by atoms with van der Waals surface area (Å²) in [6.07, 6.45) is 7.22. The number of hydrogen-bond donors (Lipinski definition) is 1. The Kier molecular flexibility index (Phi) is 3.74. The average Bonchev–Trinajstić information content (AvgIpc) is 3.09. The van der Waals surface area contributed by atoms with Crippen molar-refractivity contribution in [3.8, 4) is 0 Å². The van der Waals surface area contributed by atoms with Crippen LogP contribution in [-0.4, -0.2) is 24.8 Å². The summed E-state index contributed by atoms with van der Waals surface area (Å²) in [5.41, 5.74) is 1.44. The Morgan fingerprint density at radius 2 is 2.33 bits per heavy atom. The molecule has 7 heteroatoms. The Morgan fingerprint density at radius 1 is 1.48 bits per heavy atom. The van der Waals surface area contributed by atoms with Gasteiger partial charge in [-0.05, 0) is 5.92 Å². The van der Waals surface area contributed by atoms with Gasteiger partial charge in [0.05, 0.1) is 18.6 Å². The van der Waals surface area contributed by atoms with E-state index in [4.69, 9.17) is 0 Å². The number of aromatic nitrogens is 4. The highest BCUT2D eigenvalue weighted by Gasteiger charge is 2.12. The van der Waals surface area contributed by atoms with Crippen molar-refractivity contribution >= 4 is 22.2 Å². The van der Waals surface area contributed by atoms with Crippen LogP contribution in [0.15, 0.2) is 30.3 Å². The molecule has 0 saturated heterocycles. The fraction of sp³-hybridized carbons (Fsp3) is 0.357. The topological polar surface area (TPSA) is 64.2 Å². The fourth-order valence-electron chi connectivity index (χ4n) is 2.15. The minimum Gasteiger partial charge on any atom is -0.345 e. The van der Waals surface area contributed by atoms with Gasteiger partial charge in [-0.3, -0.25) is 9.20 Å². The second kappa shape index (κ2) is 5.69. The molecule has 0 aliphatic heterocycles. The van der Waals surface area contributed by atoms with Crippen molar-refractivity contribution in [1.82, 2.24) is 24.3 Å². The molecule has 110 valence electrons. The number of thiazole rings is 1. The number of fused-ring (bicyclic) bond motifs is 1. The number of carbonyl (C=O) groups is 1. The molecule has 0 aromatic carbocycles. The van der Waals surface area contributed by atoms with Gasteiger partial charge in [0, 0.05) is 30.5 Å². The molecular weight excluding hydrogens is 286 g/mol. The maximum absolute atomic E-state index is 12.1. The van der Waals surface area contributed by atoms with E-state index < -0.39 is 0 Å². The number of amides is 1. The number of nitrogens with zero attached hydrogens (tertiary/aromatic N) is 4. The number of hydrogen-bond acceptors (Lipinski definition) is 4. The lowest BCUT2D eigenvalue weighted by molar-refractivity contribution is 0.0945. The van der Waals surface area contributed by atoms with Gasteiger partial charge in [0.25, 0.3) is 5.91 Å². The summed E-state index contributed by atoms with van der Waals surface area (Å²) in [4.78, 5) is 21.4. The van der Waals surface area contributed by atoms with E-state index >= 15 is 0 Å². The predicted octanol–water partition coefficient (Wildman–Crippen LogP) is 2.18. The van der Waals surface area contributed by atoms with E-state index in [-0.39, 0.29) is 5.91 Å². The lowest BCUT2D eigenvalue weighted by Crippen LogP contribution is -2.24. The molecule has 6 nitrogen and oxygen atoms in total. The number of carbonyl (C=O) groups excluding carboxylic acids is 1. The third-order valence-corrected chi connectivity index (χ3v) is 3.89. The average molecular weight is 303 g/mol. The highest BCUT2D eigenvalue weighted by molar-refractivity contribution is 7.15. The van der Waals surface area contributed by atoms with E-state index in [2.05, 4.69) is 33.7 Å². The van der Waals surface area contributed by atoms with Gasteiger partial charge < -0.3 is 9.88 Å². The fourth-order valence-corrected chi connectivity index (χ4v) is 2.85. The first-order chi connectivity index (χ1) is 10.1. The molecule has 1 amide bonds. The zero-order valence-corrected chi connectivity index (χ0v) is 12.8. The molecular formula is C14H17N5OS. The van der Waals surface area contributed by atoms with Crippen molar-refractivity contribution in [3.63, 3.8) is 0 Å². The summed E-state index contributed by atoms with van der Waals surface area (Å²) in [6.45, 7) is 5.66. The van der Waals surface area contributed by atoms with E-state index in [0.29, 0.717) is 18.2 Å². The molecule has 3 aromatic heterocycles. The maximum Gasteiger partial charge on any atom is 0.271 e. The second-order valence-corrected chi connectivity index (χ2v) is 6.21. The van der Waals surface area contributed by atoms with Gasteiger partial charge in [-0.2, -0.15) is 0 Å². The van der Waals surface area contributed by atoms with Crippen molar-refractivity contribution in [2.45, 2.75) is 26.9 Å². The number of nitrogens with one attached hydrogen (secondary N) is 1. The van der Waals surface area contributed by atoms with Crippen LogP contribution in [-0.2, 0) is 13.1 Å². The van der Waals surface area contributed by atoms with Gasteiger partial charge in [0.2, 0.25) is 0 Å². The molecule has 3 rings (SSSR count). The van der Waals surface area contributed by atoms with E-state index in [9.17, 15) is 4.79 Å². The Bertz CT molecular complexity index is 726. The lowest BCUT2D eigenvalue weighted by atomic mass is 10.2. The van der Waals surface area contributed by atoms with Crippen LogP contribution in [0.3, 0.4) is 0 Å². The molecule has 21 heavy (non-hydrogen) atoms. The van der Waals surface area contributed by atoms with Crippen molar-refractivity contribution < 1.29 is 4.79 Å². The van der Waals surface area contributed by atoms with Crippen LogP contribution in [0.4, 0.5) is 0 Å². The Hall–Kier alpha value is -2.15. The SMILES string of the molecule is CC(C)Cn1cncc1CNC(=O)c1cn2ccsc2n1. The van der Waals surface area contributed by atoms with Gasteiger partial charge in [-0.1, -0.05) is 13.8 Å². The molecule has 1 N–H and O–H groups in total. The highest BCUT2D eigenvalue weighted by atomic mass is 32.1. The predicted molar refractivity (Wildman–Crippen MR) is 81.3 cm³/mol. The van der Waals surface area contributed by atoms with Crippen molar-refractivity contribution in [2.75, 3.05) is 0 Å². The zero-order chi connectivity index (χ0) is 14.8. The van der Waals surface area contributed by atoms with E-state index in [1.165, 1.54) is 11.3 Å². The van der Waals surface area contributed by atoms with Gasteiger partial charge >= 0.3 is 0 Å². The monoisotopic (exact) mass is 303 g/mol. The minimum atomic E-state index is -0.164. The summed E-state index contributed by atoms with van der Waals surface area (Å²) in [7, 11) is 0. The van der Waals surface area contributed by atoms with E-state index in [1.54, 1.807) is 18.7 Å². The van der Waals surface area contributed by atoms with Crippen LogP contribution < -0.4 is 5.32 Å². The zero-order valence-electron chi connectivity index (χ0n) is 12.0. The van der Waals surface area contributed by atoms with E-state index in [0.717, 1.165) is 17.2 Å². The maximum atomic E-state index is 12.1. The van der Waals surface area contributed by atoms with Crippen LogP contribution in [0, 0.1) is 5.92 Å². The first kappa shape index (κ1) is 13.8. The minimum absolute atomic E-state index is 0.164. The standard InChI is InChI=1S/C14H17N5OS/c1-10(2)7-19-9-15-5-11(19)6-16-13(20)12-8-18-3-4-21-14(18)17-12/h3-5,8-10H,6-7H2,1-2H3,(H,16,20). The Labute approximate surface area is 126 Å². The van der Waals surface area contributed by atoms with Crippen LogP contribution >= 0.6 is 11.3 Å². The molecule has 0 aliphatic rings. The van der Waals surface area contributed by atoms with Crippen molar-refractivity contribution in [2.24, 2.45) is 5.92 Å². The van der Waals surface area contributed by atoms with Crippen LogP contribution in [0.1, 0.15) is 30.0 Å². The van der Waals surface area contributed by atoms with Gasteiger partial charge in [0.1, 0.15) is 5.69 Å². The normalized spacial score (nSPS) is 11.4. The molecule has 3 heterocycles. The molecule has 0 bridgehead atoms. The lowest BCUT2D eigenvalue weighted by Gasteiger charge is -2.10. The first-order valence-corrected chi connectivity index (χ1v) is 7.71. The number of imidazole rings is 2. The molecule has 0 aliphatic carbocycles. The quantitative estimate of drug-likeness (QED) is 0.785. The van der Waals surface area contributed by atoms with Gasteiger partial charge in [-0.25, -0.2) is 9.97 Å². The highest BCUT2D eigenvalue weighted by Crippen LogP contribution is 2.11.